The highest BCUT2D eigenvalue weighted by molar-refractivity contribution is 5.27. The van der Waals surface area contributed by atoms with E-state index >= 15 is 0 Å². The molecule has 2 aromatic carbocycles. The van der Waals surface area contributed by atoms with E-state index < -0.39 is 0 Å². The van der Waals surface area contributed by atoms with Crippen LogP contribution in [0.25, 0.3) is 0 Å². The van der Waals surface area contributed by atoms with Crippen molar-refractivity contribution >= 4 is 0 Å². The van der Waals surface area contributed by atoms with Crippen LogP contribution in [-0.2, 0) is 13.1 Å². The summed E-state index contributed by atoms with van der Waals surface area (Å²) in [6.07, 6.45) is 1.05. The zero-order valence-corrected chi connectivity index (χ0v) is 13.5. The molecule has 3 nitrogen and oxygen atoms in total. The Morgan fingerprint density at radius 2 is 1.70 bits per heavy atom. The van der Waals surface area contributed by atoms with Crippen LogP contribution >= 0.6 is 0 Å². The van der Waals surface area contributed by atoms with Gasteiger partial charge in [-0.25, -0.2) is 0 Å². The Hall–Kier alpha value is -2.31. The number of hydrogen-bond acceptors (Lipinski definition) is 3. The molecule has 2 aromatic rings. The van der Waals surface area contributed by atoms with Gasteiger partial charge in [0.15, 0.2) is 0 Å². The third-order valence-electron chi connectivity index (χ3n) is 4.40. The number of nitrogens with zero attached hydrogens (tertiary/aromatic N) is 2. The van der Waals surface area contributed by atoms with Crippen molar-refractivity contribution in [2.45, 2.75) is 19.5 Å². The van der Waals surface area contributed by atoms with Gasteiger partial charge >= 0.3 is 0 Å². The van der Waals surface area contributed by atoms with Crippen molar-refractivity contribution in [1.82, 2.24) is 4.90 Å². The molecule has 0 aliphatic heterocycles. The fourth-order valence-electron chi connectivity index (χ4n) is 2.95. The highest BCUT2D eigenvalue weighted by Gasteiger charge is 2.38. The first-order valence-electron chi connectivity index (χ1n) is 8.07. The van der Waals surface area contributed by atoms with E-state index in [9.17, 15) is 0 Å². The molecule has 23 heavy (non-hydrogen) atoms. The lowest BCUT2D eigenvalue weighted by atomic mass is 10.1. The van der Waals surface area contributed by atoms with Gasteiger partial charge in [0.1, 0.15) is 5.75 Å². The molecule has 1 fully saturated rings. The molecular weight excluding hydrogens is 284 g/mol. The van der Waals surface area contributed by atoms with Gasteiger partial charge in [-0.1, -0.05) is 42.5 Å². The van der Waals surface area contributed by atoms with Gasteiger partial charge < -0.3 is 4.74 Å². The average Bonchev–Trinajstić information content (AvgIpc) is 3.34. The molecule has 3 heteroatoms. The minimum atomic E-state index is 0.254. The highest BCUT2D eigenvalue weighted by atomic mass is 16.5. The second-order valence-corrected chi connectivity index (χ2v) is 6.23. The molecule has 2 atom stereocenters. The van der Waals surface area contributed by atoms with Crippen LogP contribution in [0.2, 0.25) is 0 Å². The Morgan fingerprint density at radius 1 is 1.04 bits per heavy atom. The maximum absolute atomic E-state index is 9.04. The molecular formula is C20H22N2O. The number of nitriles is 1. The van der Waals surface area contributed by atoms with Gasteiger partial charge in [-0.2, -0.15) is 5.26 Å². The van der Waals surface area contributed by atoms with Crippen molar-refractivity contribution in [3.8, 4) is 11.8 Å². The standard InChI is InChI=1S/C20H22N2O/c1-23-20-9-7-17(8-10-20)14-22(15-19-11-18(19)12-21)13-16-5-3-2-4-6-16/h2-10,18-19H,11,13-15H2,1H3/t18-,19-/m0/s1. The topological polar surface area (TPSA) is 36.3 Å². The molecule has 118 valence electrons. The van der Waals surface area contributed by atoms with Crippen LogP contribution in [-0.4, -0.2) is 18.6 Å². The molecule has 0 amide bonds. The van der Waals surface area contributed by atoms with Crippen LogP contribution in [0.1, 0.15) is 17.5 Å². The lowest BCUT2D eigenvalue weighted by Crippen LogP contribution is -2.25. The van der Waals surface area contributed by atoms with Gasteiger partial charge in [-0.05, 0) is 35.6 Å². The molecule has 1 aliphatic rings. The summed E-state index contributed by atoms with van der Waals surface area (Å²) in [5, 5.41) is 9.04. The number of methoxy groups -OCH3 is 1. The van der Waals surface area contributed by atoms with Crippen LogP contribution in [0.4, 0.5) is 0 Å². The minimum Gasteiger partial charge on any atom is -0.497 e. The Morgan fingerprint density at radius 3 is 2.26 bits per heavy atom. The smallest absolute Gasteiger partial charge is 0.118 e. The fourth-order valence-corrected chi connectivity index (χ4v) is 2.95. The quantitative estimate of drug-likeness (QED) is 0.779. The third-order valence-corrected chi connectivity index (χ3v) is 4.40. The summed E-state index contributed by atoms with van der Waals surface area (Å²) in [6, 6.07) is 21.2. The lowest BCUT2D eigenvalue weighted by molar-refractivity contribution is 0.243. The van der Waals surface area contributed by atoms with Crippen molar-refractivity contribution < 1.29 is 4.74 Å². The Balaban J connectivity index is 1.67. The monoisotopic (exact) mass is 306 g/mol. The maximum Gasteiger partial charge on any atom is 0.118 e. The Kier molecular flexibility index (Phi) is 4.95. The number of rotatable bonds is 7. The first-order chi connectivity index (χ1) is 11.3. The molecule has 3 rings (SSSR count). The highest BCUT2D eigenvalue weighted by Crippen LogP contribution is 2.38. The molecule has 0 aromatic heterocycles. The van der Waals surface area contributed by atoms with Gasteiger partial charge in [0.05, 0.1) is 19.1 Å². The van der Waals surface area contributed by atoms with Crippen LogP contribution in [0.3, 0.4) is 0 Å². The van der Waals surface area contributed by atoms with Gasteiger partial charge in [-0.15, -0.1) is 0 Å². The summed E-state index contributed by atoms with van der Waals surface area (Å²) < 4.78 is 5.22. The van der Waals surface area contributed by atoms with Crippen LogP contribution < -0.4 is 4.74 Å². The SMILES string of the molecule is COc1ccc(CN(Cc2ccccc2)C[C@@H]2C[C@H]2C#N)cc1. The molecule has 0 unspecified atom stereocenters. The van der Waals surface area contributed by atoms with Crippen LogP contribution in [0.5, 0.6) is 5.75 Å². The molecule has 1 aliphatic carbocycles. The van der Waals surface area contributed by atoms with Gasteiger partial charge in [-0.3, -0.25) is 4.90 Å². The second kappa shape index (κ2) is 7.30. The number of benzene rings is 2. The Labute approximate surface area is 138 Å². The molecule has 0 bridgehead atoms. The van der Waals surface area contributed by atoms with Crippen molar-refractivity contribution in [2.75, 3.05) is 13.7 Å². The summed E-state index contributed by atoms with van der Waals surface area (Å²) in [4.78, 5) is 2.44. The third kappa shape index (κ3) is 4.34. The van der Waals surface area contributed by atoms with E-state index in [1.54, 1.807) is 7.11 Å². The number of hydrogen-bond donors (Lipinski definition) is 0. The summed E-state index contributed by atoms with van der Waals surface area (Å²) in [5.41, 5.74) is 2.59. The van der Waals surface area contributed by atoms with E-state index in [-0.39, 0.29) is 5.92 Å². The lowest BCUT2D eigenvalue weighted by Gasteiger charge is -2.22. The number of ether oxygens (including phenoxy) is 1. The molecule has 0 saturated heterocycles. The maximum atomic E-state index is 9.04. The minimum absolute atomic E-state index is 0.254. The van der Waals surface area contributed by atoms with E-state index in [1.807, 2.05) is 18.2 Å². The van der Waals surface area contributed by atoms with E-state index in [0.29, 0.717) is 5.92 Å². The summed E-state index contributed by atoms with van der Waals surface area (Å²) >= 11 is 0. The van der Waals surface area contributed by atoms with Crippen molar-refractivity contribution in [2.24, 2.45) is 11.8 Å². The van der Waals surface area contributed by atoms with Crippen molar-refractivity contribution in [3.05, 3.63) is 65.7 Å². The van der Waals surface area contributed by atoms with E-state index in [2.05, 4.69) is 47.4 Å². The summed E-state index contributed by atoms with van der Waals surface area (Å²) in [5.74, 6) is 1.67. The van der Waals surface area contributed by atoms with E-state index in [0.717, 1.165) is 31.8 Å². The molecule has 1 saturated carbocycles. The fraction of sp³-hybridized carbons (Fsp3) is 0.350. The molecule has 0 radical (unpaired) electrons. The zero-order valence-electron chi connectivity index (χ0n) is 13.5. The normalized spacial score (nSPS) is 19.3. The molecule has 0 N–H and O–H groups in total. The van der Waals surface area contributed by atoms with Crippen molar-refractivity contribution in [3.63, 3.8) is 0 Å². The van der Waals surface area contributed by atoms with Gasteiger partial charge in [0, 0.05) is 19.6 Å². The largest absolute Gasteiger partial charge is 0.497 e. The van der Waals surface area contributed by atoms with Crippen molar-refractivity contribution in [1.29, 1.82) is 5.26 Å². The average molecular weight is 306 g/mol. The second-order valence-electron chi connectivity index (χ2n) is 6.23. The molecule has 0 heterocycles. The first-order valence-corrected chi connectivity index (χ1v) is 8.07. The predicted molar refractivity (Wildman–Crippen MR) is 90.8 cm³/mol. The zero-order chi connectivity index (χ0) is 16.1. The van der Waals surface area contributed by atoms with E-state index in [4.69, 9.17) is 10.00 Å². The Bertz CT molecular complexity index is 660. The molecule has 0 spiro atoms. The van der Waals surface area contributed by atoms with Crippen LogP contribution in [0.15, 0.2) is 54.6 Å². The predicted octanol–water partition coefficient (Wildman–Crippen LogP) is 3.86. The first kappa shape index (κ1) is 15.6. The van der Waals surface area contributed by atoms with Gasteiger partial charge in [0.25, 0.3) is 0 Å². The van der Waals surface area contributed by atoms with Gasteiger partial charge in [0.2, 0.25) is 0 Å². The summed E-state index contributed by atoms with van der Waals surface area (Å²) in [6.45, 7) is 2.80. The van der Waals surface area contributed by atoms with E-state index in [1.165, 1.54) is 11.1 Å². The van der Waals surface area contributed by atoms with Crippen LogP contribution in [0, 0.1) is 23.2 Å². The summed E-state index contributed by atoms with van der Waals surface area (Å²) in [7, 11) is 1.69.